The van der Waals surface area contributed by atoms with Crippen molar-refractivity contribution in [3.63, 3.8) is 0 Å². The second kappa shape index (κ2) is 7.68. The highest BCUT2D eigenvalue weighted by atomic mass is 35.5. The summed E-state index contributed by atoms with van der Waals surface area (Å²) in [5.41, 5.74) is 2.54. The van der Waals surface area contributed by atoms with Crippen molar-refractivity contribution >= 4 is 11.6 Å². The second-order valence-electron chi connectivity index (χ2n) is 6.79. The fraction of sp³-hybridized carbons (Fsp3) is 0.474. The van der Waals surface area contributed by atoms with E-state index in [1.807, 2.05) is 19.9 Å². The SMILES string of the molecule is COc1cc(Cl)cc(CN2CCc3nc(C(C)C)[nH]c(=O)c3C2)c1OC. The molecule has 2 heterocycles. The average molecular weight is 378 g/mol. The number of hydrogen-bond acceptors (Lipinski definition) is 5. The first-order chi connectivity index (χ1) is 12.4. The number of methoxy groups -OCH3 is 2. The van der Waals surface area contributed by atoms with Crippen LogP contribution in [0.5, 0.6) is 11.5 Å². The zero-order chi connectivity index (χ0) is 18.8. The summed E-state index contributed by atoms with van der Waals surface area (Å²) in [5, 5.41) is 0.594. The van der Waals surface area contributed by atoms with Crippen LogP contribution < -0.4 is 15.0 Å². The predicted octanol–water partition coefficient (Wildman–Crippen LogP) is 3.12. The Morgan fingerprint density at radius 1 is 1.31 bits per heavy atom. The summed E-state index contributed by atoms with van der Waals surface area (Å²) in [4.78, 5) is 22.2. The number of nitrogens with one attached hydrogen (secondary N) is 1. The van der Waals surface area contributed by atoms with Crippen molar-refractivity contribution in [3.05, 3.63) is 50.2 Å². The molecule has 140 valence electrons. The van der Waals surface area contributed by atoms with E-state index in [4.69, 9.17) is 21.1 Å². The third-order valence-electron chi connectivity index (χ3n) is 4.63. The van der Waals surface area contributed by atoms with Crippen molar-refractivity contribution in [1.29, 1.82) is 0 Å². The molecule has 7 heteroatoms. The Bertz CT molecular complexity index is 864. The molecule has 6 nitrogen and oxygen atoms in total. The van der Waals surface area contributed by atoms with Crippen LogP contribution in [-0.4, -0.2) is 35.6 Å². The lowest BCUT2D eigenvalue weighted by Gasteiger charge is -2.28. The molecule has 0 spiro atoms. The fourth-order valence-electron chi connectivity index (χ4n) is 3.27. The van der Waals surface area contributed by atoms with Crippen LogP contribution >= 0.6 is 11.6 Å². The molecule has 0 bridgehead atoms. The summed E-state index contributed by atoms with van der Waals surface area (Å²) >= 11 is 6.21. The topological polar surface area (TPSA) is 67.5 Å². The van der Waals surface area contributed by atoms with Gasteiger partial charge in [0.15, 0.2) is 11.5 Å². The molecule has 26 heavy (non-hydrogen) atoms. The number of H-pyrrole nitrogens is 1. The van der Waals surface area contributed by atoms with E-state index in [0.717, 1.165) is 35.6 Å². The molecule has 1 N–H and O–H groups in total. The largest absolute Gasteiger partial charge is 0.493 e. The van der Waals surface area contributed by atoms with Gasteiger partial charge in [-0.05, 0) is 6.07 Å². The van der Waals surface area contributed by atoms with E-state index >= 15 is 0 Å². The number of rotatable bonds is 5. The molecule has 1 aromatic heterocycles. The number of fused-ring (bicyclic) bond motifs is 1. The quantitative estimate of drug-likeness (QED) is 0.867. The van der Waals surface area contributed by atoms with E-state index in [1.54, 1.807) is 20.3 Å². The number of ether oxygens (including phenoxy) is 2. The van der Waals surface area contributed by atoms with Crippen LogP contribution in [-0.2, 0) is 19.5 Å². The lowest BCUT2D eigenvalue weighted by atomic mass is 10.0. The minimum absolute atomic E-state index is 0.0426. The molecule has 0 radical (unpaired) electrons. The molecule has 0 atom stereocenters. The summed E-state index contributed by atoms with van der Waals surface area (Å²) in [5.74, 6) is 2.23. The van der Waals surface area contributed by atoms with E-state index in [0.29, 0.717) is 29.6 Å². The molecule has 0 aliphatic carbocycles. The number of halogens is 1. The number of aromatic nitrogens is 2. The monoisotopic (exact) mass is 377 g/mol. The highest BCUT2D eigenvalue weighted by Crippen LogP contribution is 2.35. The van der Waals surface area contributed by atoms with Gasteiger partial charge in [0.25, 0.3) is 5.56 Å². The van der Waals surface area contributed by atoms with E-state index in [9.17, 15) is 4.79 Å². The maximum atomic E-state index is 12.5. The average Bonchev–Trinajstić information content (AvgIpc) is 2.61. The van der Waals surface area contributed by atoms with Crippen LogP contribution in [0.4, 0.5) is 0 Å². The maximum Gasteiger partial charge on any atom is 0.255 e. The van der Waals surface area contributed by atoms with E-state index < -0.39 is 0 Å². The zero-order valence-corrected chi connectivity index (χ0v) is 16.3. The third-order valence-corrected chi connectivity index (χ3v) is 4.85. The molecule has 1 aliphatic heterocycles. The van der Waals surface area contributed by atoms with Gasteiger partial charge in [-0.3, -0.25) is 9.69 Å². The smallest absolute Gasteiger partial charge is 0.255 e. The van der Waals surface area contributed by atoms with Crippen LogP contribution in [0.1, 0.15) is 42.4 Å². The van der Waals surface area contributed by atoms with Crippen LogP contribution in [0.3, 0.4) is 0 Å². The molecule has 0 saturated heterocycles. The van der Waals surface area contributed by atoms with Gasteiger partial charge in [-0.25, -0.2) is 4.98 Å². The normalized spacial score (nSPS) is 14.4. The van der Waals surface area contributed by atoms with Gasteiger partial charge in [-0.1, -0.05) is 25.4 Å². The molecule has 0 amide bonds. The summed E-state index contributed by atoms with van der Waals surface area (Å²) in [7, 11) is 3.20. The predicted molar refractivity (Wildman–Crippen MR) is 101 cm³/mol. The lowest BCUT2D eigenvalue weighted by molar-refractivity contribution is 0.236. The molecule has 0 fully saturated rings. The van der Waals surface area contributed by atoms with Gasteiger partial charge >= 0.3 is 0 Å². The number of benzene rings is 1. The van der Waals surface area contributed by atoms with Crippen molar-refractivity contribution in [2.45, 2.75) is 39.3 Å². The van der Waals surface area contributed by atoms with Crippen molar-refractivity contribution in [2.75, 3.05) is 20.8 Å². The first-order valence-corrected chi connectivity index (χ1v) is 9.05. The van der Waals surface area contributed by atoms with Gasteiger partial charge in [0.2, 0.25) is 0 Å². The number of aromatic amines is 1. The van der Waals surface area contributed by atoms with Gasteiger partial charge in [-0.15, -0.1) is 0 Å². The minimum Gasteiger partial charge on any atom is -0.493 e. The summed E-state index contributed by atoms with van der Waals surface area (Å²) in [6.45, 7) is 6.04. The van der Waals surface area contributed by atoms with E-state index in [-0.39, 0.29) is 11.5 Å². The Labute approximate surface area is 158 Å². The van der Waals surface area contributed by atoms with Crippen LogP contribution in [0.25, 0.3) is 0 Å². The highest BCUT2D eigenvalue weighted by Gasteiger charge is 2.23. The molecule has 1 aromatic carbocycles. The zero-order valence-electron chi connectivity index (χ0n) is 15.6. The first-order valence-electron chi connectivity index (χ1n) is 8.67. The molecule has 1 aliphatic rings. The molecule has 3 rings (SSSR count). The van der Waals surface area contributed by atoms with E-state index in [1.165, 1.54) is 0 Å². The Balaban J connectivity index is 1.87. The van der Waals surface area contributed by atoms with Crippen molar-refractivity contribution in [2.24, 2.45) is 0 Å². The van der Waals surface area contributed by atoms with Gasteiger partial charge in [0, 0.05) is 48.6 Å². The molecule has 0 saturated carbocycles. The van der Waals surface area contributed by atoms with Crippen LogP contribution in [0.2, 0.25) is 5.02 Å². The van der Waals surface area contributed by atoms with Crippen LogP contribution in [0, 0.1) is 0 Å². The van der Waals surface area contributed by atoms with Crippen molar-refractivity contribution in [1.82, 2.24) is 14.9 Å². The molecule has 0 unspecified atom stereocenters. The number of nitrogens with zero attached hydrogens (tertiary/aromatic N) is 2. The first kappa shape index (κ1) is 18.7. The Kier molecular flexibility index (Phi) is 5.53. The maximum absolute atomic E-state index is 12.5. The summed E-state index contributed by atoms with van der Waals surface area (Å²) in [6, 6.07) is 3.61. The highest BCUT2D eigenvalue weighted by molar-refractivity contribution is 6.30. The Morgan fingerprint density at radius 2 is 2.08 bits per heavy atom. The summed E-state index contributed by atoms with van der Waals surface area (Å²) < 4.78 is 10.9. The van der Waals surface area contributed by atoms with Gasteiger partial charge in [-0.2, -0.15) is 0 Å². The second-order valence-corrected chi connectivity index (χ2v) is 7.23. The molecule has 2 aromatic rings. The Hall–Kier alpha value is -2.05. The van der Waals surface area contributed by atoms with Gasteiger partial charge in [0.1, 0.15) is 5.82 Å². The standard InChI is InChI=1S/C19H24ClN3O3/c1-11(2)18-21-15-5-6-23(10-14(15)19(24)22-18)9-12-7-13(20)8-16(25-3)17(12)26-4/h7-8,11H,5-6,9-10H2,1-4H3,(H,21,22,24). The van der Waals surface area contributed by atoms with Crippen molar-refractivity contribution in [3.8, 4) is 11.5 Å². The molecular weight excluding hydrogens is 354 g/mol. The van der Waals surface area contributed by atoms with Gasteiger partial charge < -0.3 is 14.5 Å². The summed E-state index contributed by atoms with van der Waals surface area (Å²) in [6.07, 6.45) is 0.749. The lowest BCUT2D eigenvalue weighted by Crippen LogP contribution is -2.36. The molecular formula is C19H24ClN3O3. The Morgan fingerprint density at radius 3 is 2.73 bits per heavy atom. The van der Waals surface area contributed by atoms with E-state index in [2.05, 4.69) is 14.9 Å². The fourth-order valence-corrected chi connectivity index (χ4v) is 3.50. The van der Waals surface area contributed by atoms with Crippen molar-refractivity contribution < 1.29 is 9.47 Å². The van der Waals surface area contributed by atoms with Crippen LogP contribution in [0.15, 0.2) is 16.9 Å². The van der Waals surface area contributed by atoms with Gasteiger partial charge in [0.05, 0.1) is 25.5 Å². The number of hydrogen-bond donors (Lipinski definition) is 1. The minimum atomic E-state index is -0.0426. The third kappa shape index (κ3) is 3.71.